The standard InChI is InChI=1S/C22H28Cl2N4O2/c1-5-16-10-18(11-26-20(16)25)27-21(29)22(30)28-12-13(2)6-7-19(28)14(3)8-17(24)9-15(4)23/h8-11,13,19H,3,5-7,12H2,1-2,4H3,(H2,25,26)(H,27,29)/b15-9+,17-8+/t13-,19+/m1/s1. The maximum absolute atomic E-state index is 13.0. The van der Waals surface area contributed by atoms with Crippen molar-refractivity contribution in [1.29, 1.82) is 0 Å². The summed E-state index contributed by atoms with van der Waals surface area (Å²) in [6, 6.07) is 1.42. The molecule has 1 aliphatic heterocycles. The third kappa shape index (κ3) is 6.34. The number of allylic oxidation sites excluding steroid dienone is 3. The van der Waals surface area contributed by atoms with Gasteiger partial charge in [0, 0.05) is 16.6 Å². The lowest BCUT2D eigenvalue weighted by atomic mass is 9.90. The molecule has 162 valence electrons. The maximum Gasteiger partial charge on any atom is 0.313 e. The number of aromatic nitrogens is 1. The highest BCUT2D eigenvalue weighted by Gasteiger charge is 2.34. The van der Waals surface area contributed by atoms with E-state index in [1.807, 2.05) is 6.92 Å². The number of nitrogens with two attached hydrogens (primary N) is 1. The molecular weight excluding hydrogens is 423 g/mol. The molecule has 0 unspecified atom stereocenters. The molecule has 0 bridgehead atoms. The molecule has 1 fully saturated rings. The molecule has 0 radical (unpaired) electrons. The first-order valence-electron chi connectivity index (χ1n) is 9.88. The Kier molecular flexibility index (Phi) is 8.50. The smallest absolute Gasteiger partial charge is 0.313 e. The number of nitrogen functional groups attached to an aromatic ring is 1. The molecule has 3 N–H and O–H groups in total. The Balaban J connectivity index is 2.19. The van der Waals surface area contributed by atoms with Crippen LogP contribution in [0.4, 0.5) is 11.5 Å². The van der Waals surface area contributed by atoms with Crippen LogP contribution in [0.25, 0.3) is 0 Å². The van der Waals surface area contributed by atoms with E-state index in [-0.39, 0.29) is 12.0 Å². The van der Waals surface area contributed by atoms with Crippen LogP contribution in [0.1, 0.15) is 39.2 Å². The predicted molar refractivity (Wildman–Crippen MR) is 123 cm³/mol. The minimum absolute atomic E-state index is 0.278. The predicted octanol–water partition coefficient (Wildman–Crippen LogP) is 4.61. The van der Waals surface area contributed by atoms with Crippen molar-refractivity contribution in [3.05, 3.63) is 52.2 Å². The number of rotatable bonds is 5. The normalized spacial score (nSPS) is 20.1. The summed E-state index contributed by atoms with van der Waals surface area (Å²) in [5.41, 5.74) is 7.71. The van der Waals surface area contributed by atoms with Gasteiger partial charge in [0.1, 0.15) is 5.82 Å². The van der Waals surface area contributed by atoms with Gasteiger partial charge in [0.05, 0.1) is 17.9 Å². The average Bonchev–Trinajstić information content (AvgIpc) is 2.67. The van der Waals surface area contributed by atoms with Crippen molar-refractivity contribution in [3.8, 4) is 0 Å². The SMILES string of the molecule is C=C(/C=C(Cl)\C=C(/C)Cl)[C@@H]1CC[C@@H](C)CN1C(=O)C(=O)Nc1cnc(N)c(CC)c1. The highest BCUT2D eigenvalue weighted by Crippen LogP contribution is 2.28. The first-order valence-corrected chi connectivity index (χ1v) is 10.6. The van der Waals surface area contributed by atoms with Crippen molar-refractivity contribution in [2.75, 3.05) is 17.6 Å². The Hall–Kier alpha value is -2.31. The number of pyridine rings is 1. The van der Waals surface area contributed by atoms with Gasteiger partial charge in [-0.2, -0.15) is 0 Å². The Morgan fingerprint density at radius 2 is 2.07 bits per heavy atom. The molecule has 8 heteroatoms. The van der Waals surface area contributed by atoms with Crippen LogP contribution in [-0.2, 0) is 16.0 Å². The third-order valence-corrected chi connectivity index (χ3v) is 5.33. The Morgan fingerprint density at radius 3 is 2.70 bits per heavy atom. The van der Waals surface area contributed by atoms with Crippen molar-refractivity contribution < 1.29 is 9.59 Å². The molecule has 0 aromatic carbocycles. The van der Waals surface area contributed by atoms with E-state index in [9.17, 15) is 9.59 Å². The minimum Gasteiger partial charge on any atom is -0.383 e. The molecule has 0 spiro atoms. The molecule has 1 aromatic rings. The number of carbonyl (C=O) groups is 2. The first kappa shape index (κ1) is 24.0. The summed E-state index contributed by atoms with van der Waals surface area (Å²) in [4.78, 5) is 31.3. The number of halogens is 2. The number of amides is 2. The number of aryl methyl sites for hydroxylation is 1. The summed E-state index contributed by atoms with van der Waals surface area (Å²) in [5.74, 6) is -0.647. The van der Waals surface area contributed by atoms with Crippen molar-refractivity contribution >= 4 is 46.5 Å². The second kappa shape index (κ2) is 10.6. The molecule has 2 rings (SSSR count). The highest BCUT2D eigenvalue weighted by atomic mass is 35.5. The van der Waals surface area contributed by atoms with Gasteiger partial charge >= 0.3 is 11.8 Å². The van der Waals surface area contributed by atoms with Crippen molar-refractivity contribution in [3.63, 3.8) is 0 Å². The molecule has 2 heterocycles. The lowest BCUT2D eigenvalue weighted by molar-refractivity contribution is -0.145. The second-order valence-electron chi connectivity index (χ2n) is 7.57. The summed E-state index contributed by atoms with van der Waals surface area (Å²) < 4.78 is 0. The molecule has 1 saturated heterocycles. The van der Waals surface area contributed by atoms with Crippen LogP contribution in [0.2, 0.25) is 0 Å². The van der Waals surface area contributed by atoms with E-state index in [0.29, 0.717) is 46.5 Å². The number of likely N-dealkylation sites (tertiary alicyclic amines) is 1. The Bertz CT molecular complexity index is 891. The number of nitrogens with one attached hydrogen (secondary N) is 1. The molecule has 30 heavy (non-hydrogen) atoms. The van der Waals surface area contributed by atoms with E-state index in [1.54, 1.807) is 30.0 Å². The monoisotopic (exact) mass is 450 g/mol. The van der Waals surface area contributed by atoms with Crippen molar-refractivity contribution in [2.45, 2.75) is 46.1 Å². The van der Waals surface area contributed by atoms with Crippen LogP contribution >= 0.6 is 23.2 Å². The zero-order valence-electron chi connectivity index (χ0n) is 17.5. The molecule has 2 atom stereocenters. The van der Waals surface area contributed by atoms with Gasteiger partial charge in [-0.15, -0.1) is 0 Å². The van der Waals surface area contributed by atoms with Crippen molar-refractivity contribution in [1.82, 2.24) is 9.88 Å². The molecule has 1 aliphatic rings. The lowest BCUT2D eigenvalue weighted by Gasteiger charge is -2.38. The summed E-state index contributed by atoms with van der Waals surface area (Å²) in [7, 11) is 0. The zero-order valence-corrected chi connectivity index (χ0v) is 19.1. The number of hydrogen-bond acceptors (Lipinski definition) is 4. The van der Waals surface area contributed by atoms with Crippen LogP contribution in [0.3, 0.4) is 0 Å². The van der Waals surface area contributed by atoms with E-state index in [0.717, 1.165) is 12.0 Å². The van der Waals surface area contributed by atoms with Gasteiger partial charge in [0.2, 0.25) is 0 Å². The molecule has 0 saturated carbocycles. The number of piperidine rings is 1. The van der Waals surface area contributed by atoms with E-state index in [1.165, 1.54) is 6.20 Å². The van der Waals surface area contributed by atoms with Gasteiger partial charge in [0.15, 0.2) is 0 Å². The molecule has 6 nitrogen and oxygen atoms in total. The second-order valence-corrected chi connectivity index (χ2v) is 8.60. The zero-order chi connectivity index (χ0) is 22.4. The summed E-state index contributed by atoms with van der Waals surface area (Å²) in [6.07, 6.45) is 7.03. The van der Waals surface area contributed by atoms with Gasteiger partial charge < -0.3 is 16.0 Å². The fraction of sp³-hybridized carbons (Fsp3) is 0.409. The fourth-order valence-corrected chi connectivity index (χ4v) is 3.93. The van der Waals surface area contributed by atoms with Gasteiger partial charge in [-0.1, -0.05) is 43.6 Å². The summed E-state index contributed by atoms with van der Waals surface area (Å²) >= 11 is 12.1. The maximum atomic E-state index is 13.0. The number of hydrogen-bond donors (Lipinski definition) is 2. The van der Waals surface area contributed by atoms with E-state index >= 15 is 0 Å². The van der Waals surface area contributed by atoms with Crippen LogP contribution in [0.5, 0.6) is 0 Å². The minimum atomic E-state index is -0.720. The van der Waals surface area contributed by atoms with Crippen LogP contribution < -0.4 is 11.1 Å². The quantitative estimate of drug-likeness (QED) is 0.506. The summed E-state index contributed by atoms with van der Waals surface area (Å²) in [6.45, 7) is 10.3. The molecule has 2 amide bonds. The van der Waals surface area contributed by atoms with Gasteiger partial charge in [0.25, 0.3) is 0 Å². The number of anilines is 2. The van der Waals surface area contributed by atoms with Crippen LogP contribution in [-0.4, -0.2) is 34.3 Å². The van der Waals surface area contributed by atoms with Crippen LogP contribution in [0, 0.1) is 5.92 Å². The number of nitrogens with zero attached hydrogens (tertiary/aromatic N) is 2. The van der Waals surface area contributed by atoms with E-state index in [2.05, 4.69) is 23.8 Å². The summed E-state index contributed by atoms with van der Waals surface area (Å²) in [5, 5.41) is 3.59. The lowest BCUT2D eigenvalue weighted by Crippen LogP contribution is -2.50. The molecule has 1 aromatic heterocycles. The largest absolute Gasteiger partial charge is 0.383 e. The highest BCUT2D eigenvalue weighted by molar-refractivity contribution is 6.39. The van der Waals surface area contributed by atoms with E-state index < -0.39 is 11.8 Å². The topological polar surface area (TPSA) is 88.3 Å². The molecular formula is C22H28Cl2N4O2. The molecule has 0 aliphatic carbocycles. The Labute approximate surface area is 187 Å². The Morgan fingerprint density at radius 1 is 1.37 bits per heavy atom. The van der Waals surface area contributed by atoms with Crippen molar-refractivity contribution in [2.24, 2.45) is 5.92 Å². The fourth-order valence-electron chi connectivity index (χ4n) is 3.45. The van der Waals surface area contributed by atoms with Gasteiger partial charge in [-0.25, -0.2) is 4.98 Å². The van der Waals surface area contributed by atoms with E-state index in [4.69, 9.17) is 28.9 Å². The van der Waals surface area contributed by atoms with Gasteiger partial charge in [-0.05, 0) is 61.5 Å². The third-order valence-electron chi connectivity index (χ3n) is 5.00. The average molecular weight is 451 g/mol. The first-order chi connectivity index (χ1) is 14.1. The number of carbonyl (C=O) groups excluding carboxylic acids is 2. The van der Waals surface area contributed by atoms with Gasteiger partial charge in [-0.3, -0.25) is 9.59 Å². The van der Waals surface area contributed by atoms with Crippen LogP contribution in [0.15, 0.2) is 46.6 Å².